The van der Waals surface area contributed by atoms with E-state index in [1.165, 1.54) is 6.33 Å². The zero-order valence-corrected chi connectivity index (χ0v) is 13.3. The molecule has 1 N–H and O–H groups in total. The predicted molar refractivity (Wildman–Crippen MR) is 88.1 cm³/mol. The number of para-hydroxylation sites is 1. The highest BCUT2D eigenvalue weighted by Crippen LogP contribution is 2.07. The second kappa shape index (κ2) is 7.03. The van der Waals surface area contributed by atoms with Crippen molar-refractivity contribution >= 4 is 16.8 Å². The van der Waals surface area contributed by atoms with Crippen LogP contribution in [0.1, 0.15) is 18.7 Å². The summed E-state index contributed by atoms with van der Waals surface area (Å²) in [4.78, 5) is 36.8. The van der Waals surface area contributed by atoms with E-state index in [2.05, 4.69) is 20.1 Å². The Bertz CT molecular complexity index is 887. The van der Waals surface area contributed by atoms with Crippen molar-refractivity contribution in [2.75, 3.05) is 7.05 Å². The summed E-state index contributed by atoms with van der Waals surface area (Å²) in [5.41, 5.74) is 0.436. The third kappa shape index (κ3) is 3.65. The number of hydrogen-bond acceptors (Lipinski definition) is 5. The number of carbonyl (C=O) groups excluding carboxylic acids is 1. The average Bonchev–Trinajstić information content (AvgIpc) is 3.08. The topological polar surface area (TPSA) is 96.8 Å². The molecule has 0 aliphatic rings. The molecule has 0 fully saturated rings. The third-order valence-corrected chi connectivity index (χ3v) is 3.72. The van der Waals surface area contributed by atoms with Crippen molar-refractivity contribution in [3.05, 3.63) is 53.1 Å². The second-order valence-electron chi connectivity index (χ2n) is 5.54. The number of aromatic amines is 1. The maximum atomic E-state index is 12.2. The van der Waals surface area contributed by atoms with E-state index in [0.29, 0.717) is 36.1 Å². The van der Waals surface area contributed by atoms with Gasteiger partial charge < -0.3 is 9.88 Å². The standard InChI is InChI=1S/C16H18N6O2/c1-21(15(23)7-4-8-22-11-17-10-18-22)9-14-19-13-6-3-2-5-12(13)16(24)20-14/h2-3,5-6,10-11H,4,7-9H2,1H3,(H,19,20,24). The van der Waals surface area contributed by atoms with E-state index in [4.69, 9.17) is 0 Å². The Morgan fingerprint density at radius 3 is 2.96 bits per heavy atom. The van der Waals surface area contributed by atoms with E-state index in [1.807, 2.05) is 6.07 Å². The van der Waals surface area contributed by atoms with Gasteiger partial charge in [-0.3, -0.25) is 14.3 Å². The Morgan fingerprint density at radius 2 is 2.17 bits per heavy atom. The minimum Gasteiger partial charge on any atom is -0.338 e. The quantitative estimate of drug-likeness (QED) is 0.727. The summed E-state index contributed by atoms with van der Waals surface area (Å²) in [5.74, 6) is 0.469. The Balaban J connectivity index is 1.60. The van der Waals surface area contributed by atoms with Crippen LogP contribution >= 0.6 is 0 Å². The van der Waals surface area contributed by atoms with Crippen LogP contribution in [-0.4, -0.2) is 42.6 Å². The molecule has 0 unspecified atom stereocenters. The molecule has 1 aromatic carbocycles. The predicted octanol–water partition coefficient (Wildman–Crippen LogP) is 0.953. The zero-order valence-electron chi connectivity index (χ0n) is 13.3. The number of H-pyrrole nitrogens is 1. The molecule has 8 nitrogen and oxygen atoms in total. The molecule has 0 aliphatic heterocycles. The van der Waals surface area contributed by atoms with Gasteiger partial charge >= 0.3 is 0 Å². The van der Waals surface area contributed by atoms with Crippen LogP contribution < -0.4 is 5.56 Å². The van der Waals surface area contributed by atoms with Crippen molar-refractivity contribution in [1.29, 1.82) is 0 Å². The van der Waals surface area contributed by atoms with Crippen molar-refractivity contribution in [2.45, 2.75) is 25.9 Å². The van der Waals surface area contributed by atoms with Crippen LogP contribution in [0.4, 0.5) is 0 Å². The van der Waals surface area contributed by atoms with E-state index in [9.17, 15) is 9.59 Å². The molecule has 0 radical (unpaired) electrons. The number of aromatic nitrogens is 5. The van der Waals surface area contributed by atoms with Gasteiger partial charge in [-0.2, -0.15) is 5.10 Å². The average molecular weight is 326 g/mol. The number of amides is 1. The van der Waals surface area contributed by atoms with Crippen LogP contribution in [0.3, 0.4) is 0 Å². The third-order valence-electron chi connectivity index (χ3n) is 3.72. The van der Waals surface area contributed by atoms with E-state index in [0.717, 1.165) is 0 Å². The molecule has 0 atom stereocenters. The number of fused-ring (bicyclic) bond motifs is 1. The van der Waals surface area contributed by atoms with Crippen molar-refractivity contribution in [3.8, 4) is 0 Å². The fourth-order valence-electron chi connectivity index (χ4n) is 2.45. The number of rotatable bonds is 6. The van der Waals surface area contributed by atoms with Gasteiger partial charge in [0.15, 0.2) is 0 Å². The lowest BCUT2D eigenvalue weighted by atomic mass is 10.2. The summed E-state index contributed by atoms with van der Waals surface area (Å²) in [6, 6.07) is 7.14. The number of benzene rings is 1. The lowest BCUT2D eigenvalue weighted by molar-refractivity contribution is -0.130. The fraction of sp³-hybridized carbons (Fsp3) is 0.312. The number of aryl methyl sites for hydroxylation is 1. The van der Waals surface area contributed by atoms with Gasteiger partial charge in [0.2, 0.25) is 5.91 Å². The van der Waals surface area contributed by atoms with E-state index in [-0.39, 0.29) is 18.0 Å². The first kappa shape index (κ1) is 15.9. The molecule has 0 saturated heterocycles. The number of nitrogens with one attached hydrogen (secondary N) is 1. The summed E-state index contributed by atoms with van der Waals surface area (Å²) in [6.07, 6.45) is 4.16. The highest BCUT2D eigenvalue weighted by atomic mass is 16.2. The van der Waals surface area contributed by atoms with Crippen molar-refractivity contribution in [2.24, 2.45) is 0 Å². The van der Waals surface area contributed by atoms with Crippen LogP contribution in [-0.2, 0) is 17.9 Å². The van der Waals surface area contributed by atoms with Crippen LogP contribution in [0.25, 0.3) is 10.9 Å². The van der Waals surface area contributed by atoms with Gasteiger partial charge in [-0.1, -0.05) is 12.1 Å². The Kier molecular flexibility index (Phi) is 4.64. The minimum atomic E-state index is -0.192. The van der Waals surface area contributed by atoms with Crippen LogP contribution in [0, 0.1) is 0 Å². The van der Waals surface area contributed by atoms with Gasteiger partial charge in [0.25, 0.3) is 5.56 Å². The summed E-state index contributed by atoms with van der Waals surface area (Å²) < 4.78 is 1.69. The normalized spacial score (nSPS) is 10.9. The fourth-order valence-corrected chi connectivity index (χ4v) is 2.45. The first-order valence-electron chi connectivity index (χ1n) is 7.68. The van der Waals surface area contributed by atoms with Gasteiger partial charge in [0.1, 0.15) is 18.5 Å². The highest BCUT2D eigenvalue weighted by molar-refractivity contribution is 5.77. The molecule has 2 heterocycles. The highest BCUT2D eigenvalue weighted by Gasteiger charge is 2.11. The van der Waals surface area contributed by atoms with Crippen LogP contribution in [0.2, 0.25) is 0 Å². The van der Waals surface area contributed by atoms with Crippen LogP contribution in [0.15, 0.2) is 41.7 Å². The Labute approximate surface area is 138 Å². The largest absolute Gasteiger partial charge is 0.338 e. The van der Waals surface area contributed by atoms with Gasteiger partial charge in [-0.05, 0) is 18.6 Å². The van der Waals surface area contributed by atoms with Crippen LogP contribution in [0.5, 0.6) is 0 Å². The maximum Gasteiger partial charge on any atom is 0.258 e. The van der Waals surface area contributed by atoms with Gasteiger partial charge in [-0.15, -0.1) is 0 Å². The van der Waals surface area contributed by atoms with Crippen molar-refractivity contribution in [3.63, 3.8) is 0 Å². The first-order chi connectivity index (χ1) is 11.6. The molecule has 1 amide bonds. The molecule has 0 saturated carbocycles. The van der Waals surface area contributed by atoms with Gasteiger partial charge in [-0.25, -0.2) is 9.97 Å². The molecule has 0 bridgehead atoms. The number of carbonyl (C=O) groups is 1. The molecule has 8 heteroatoms. The first-order valence-corrected chi connectivity index (χ1v) is 7.68. The summed E-state index contributed by atoms with van der Waals surface area (Å²) in [7, 11) is 1.70. The SMILES string of the molecule is CN(Cc1nc2ccccc2c(=O)[nH]1)C(=O)CCCn1cncn1. The molecular formula is C16H18N6O2. The smallest absolute Gasteiger partial charge is 0.258 e. The second-order valence-corrected chi connectivity index (χ2v) is 5.54. The lowest BCUT2D eigenvalue weighted by Gasteiger charge is -2.16. The van der Waals surface area contributed by atoms with Gasteiger partial charge in [0, 0.05) is 20.0 Å². The maximum absolute atomic E-state index is 12.2. The zero-order chi connectivity index (χ0) is 16.9. The molecular weight excluding hydrogens is 308 g/mol. The molecule has 2 aromatic heterocycles. The van der Waals surface area contributed by atoms with E-state index >= 15 is 0 Å². The summed E-state index contributed by atoms with van der Waals surface area (Å²) >= 11 is 0. The molecule has 0 aliphatic carbocycles. The van der Waals surface area contributed by atoms with E-state index < -0.39 is 0 Å². The van der Waals surface area contributed by atoms with Crippen molar-refractivity contribution in [1.82, 2.24) is 29.6 Å². The number of hydrogen-bond donors (Lipinski definition) is 1. The van der Waals surface area contributed by atoms with Gasteiger partial charge in [0.05, 0.1) is 17.4 Å². The molecule has 3 aromatic rings. The number of nitrogens with zero attached hydrogens (tertiary/aromatic N) is 5. The molecule has 124 valence electrons. The minimum absolute atomic E-state index is 0.00840. The lowest BCUT2D eigenvalue weighted by Crippen LogP contribution is -2.28. The summed E-state index contributed by atoms with van der Waals surface area (Å²) in [5, 5.41) is 4.54. The molecule has 3 rings (SSSR count). The summed E-state index contributed by atoms with van der Waals surface area (Å²) in [6.45, 7) is 0.910. The monoisotopic (exact) mass is 326 g/mol. The molecule has 0 spiro atoms. The Hall–Kier alpha value is -3.03. The molecule has 24 heavy (non-hydrogen) atoms. The Morgan fingerprint density at radius 1 is 1.33 bits per heavy atom. The van der Waals surface area contributed by atoms with E-state index in [1.54, 1.807) is 41.2 Å². The van der Waals surface area contributed by atoms with Crippen molar-refractivity contribution < 1.29 is 4.79 Å².